The zero-order valence-electron chi connectivity index (χ0n) is 33.2. The molecule has 286 valence electrons. The Labute approximate surface area is 353 Å². The molecule has 0 aliphatic carbocycles. The molecular weight excluding hydrogens is 741 g/mol. The van der Waals surface area contributed by atoms with E-state index in [-0.39, 0.29) is 0 Å². The second kappa shape index (κ2) is 14.3. The van der Waals surface area contributed by atoms with Crippen molar-refractivity contribution in [1.82, 2.24) is 4.57 Å². The zero-order valence-corrected chi connectivity index (χ0v) is 33.2. The van der Waals surface area contributed by atoms with Gasteiger partial charge in [-0.2, -0.15) is 0 Å². The standard InChI is InChI=1S/C58H38N2O/c1-3-13-38(14-4-1)39-23-28-44(29-24-39)59-53-31-25-41(35-50(53)40-15-5-2-6-16-40)42-26-32-56-51(36-42)48-19-9-11-21-54(48)60(56)55-33-30-45(46-17-7-8-18-47(46)55)43-27-34-58-52(37-43)49-20-10-12-22-57(49)61-58/h1-37,59H. The summed E-state index contributed by atoms with van der Waals surface area (Å²) in [5.74, 6) is 0. The number of fused-ring (bicyclic) bond motifs is 7. The van der Waals surface area contributed by atoms with Crippen molar-refractivity contribution in [2.24, 2.45) is 0 Å². The number of rotatable bonds is 7. The lowest BCUT2D eigenvalue weighted by molar-refractivity contribution is 0.669. The first-order chi connectivity index (χ1) is 30.2. The molecule has 3 heteroatoms. The van der Waals surface area contributed by atoms with E-state index in [2.05, 4.69) is 222 Å². The third-order valence-electron chi connectivity index (χ3n) is 12.2. The van der Waals surface area contributed by atoms with E-state index >= 15 is 0 Å². The Morgan fingerprint density at radius 1 is 0.311 bits per heavy atom. The zero-order chi connectivity index (χ0) is 40.3. The Kier molecular flexibility index (Phi) is 8.17. The van der Waals surface area contributed by atoms with Crippen LogP contribution in [0.25, 0.3) is 105 Å². The van der Waals surface area contributed by atoms with E-state index in [1.54, 1.807) is 0 Å². The van der Waals surface area contributed by atoms with Gasteiger partial charge in [0.2, 0.25) is 0 Å². The molecule has 2 aromatic heterocycles. The van der Waals surface area contributed by atoms with Crippen molar-refractivity contribution in [3.63, 3.8) is 0 Å². The van der Waals surface area contributed by atoms with Crippen LogP contribution in [0.2, 0.25) is 0 Å². The smallest absolute Gasteiger partial charge is 0.135 e. The third kappa shape index (κ3) is 5.98. The van der Waals surface area contributed by atoms with E-state index in [0.29, 0.717) is 0 Å². The van der Waals surface area contributed by atoms with Crippen molar-refractivity contribution >= 4 is 65.9 Å². The van der Waals surface area contributed by atoms with Crippen molar-refractivity contribution in [2.75, 3.05) is 5.32 Å². The lowest BCUT2D eigenvalue weighted by atomic mass is 9.95. The van der Waals surface area contributed by atoms with Crippen molar-refractivity contribution in [3.05, 3.63) is 224 Å². The second-order valence-corrected chi connectivity index (χ2v) is 15.8. The van der Waals surface area contributed by atoms with Gasteiger partial charge in [0.05, 0.1) is 16.7 Å². The van der Waals surface area contributed by atoms with Crippen molar-refractivity contribution in [1.29, 1.82) is 0 Å². The maximum atomic E-state index is 6.18. The number of furan rings is 1. The molecule has 0 aliphatic heterocycles. The van der Waals surface area contributed by atoms with Crippen LogP contribution in [-0.2, 0) is 0 Å². The van der Waals surface area contributed by atoms with Crippen LogP contribution in [0, 0.1) is 0 Å². The second-order valence-electron chi connectivity index (χ2n) is 15.8. The van der Waals surface area contributed by atoms with Gasteiger partial charge in [-0.1, -0.05) is 158 Å². The number of aromatic nitrogens is 1. The Morgan fingerprint density at radius 3 is 1.70 bits per heavy atom. The lowest BCUT2D eigenvalue weighted by Crippen LogP contribution is -1.96. The topological polar surface area (TPSA) is 30.1 Å². The molecule has 0 saturated heterocycles. The number of hydrogen-bond acceptors (Lipinski definition) is 2. The minimum absolute atomic E-state index is 0.907. The number of hydrogen-bond donors (Lipinski definition) is 1. The molecule has 2 heterocycles. The summed E-state index contributed by atoms with van der Waals surface area (Å²) in [6.07, 6.45) is 0. The Morgan fingerprint density at radius 2 is 0.885 bits per heavy atom. The third-order valence-corrected chi connectivity index (χ3v) is 12.2. The molecule has 10 aromatic carbocycles. The molecule has 61 heavy (non-hydrogen) atoms. The van der Waals surface area contributed by atoms with Gasteiger partial charge in [-0.3, -0.25) is 0 Å². The highest BCUT2D eigenvalue weighted by Gasteiger charge is 2.18. The molecule has 12 aromatic rings. The Bertz CT molecular complexity index is 3600. The van der Waals surface area contributed by atoms with E-state index in [4.69, 9.17) is 4.42 Å². The number of nitrogens with one attached hydrogen (secondary N) is 1. The van der Waals surface area contributed by atoms with Crippen LogP contribution < -0.4 is 5.32 Å². The summed E-state index contributed by atoms with van der Waals surface area (Å²) in [4.78, 5) is 0. The van der Waals surface area contributed by atoms with Gasteiger partial charge in [0.1, 0.15) is 11.2 Å². The molecule has 0 radical (unpaired) electrons. The van der Waals surface area contributed by atoms with Gasteiger partial charge in [0.25, 0.3) is 0 Å². The maximum absolute atomic E-state index is 6.18. The first-order valence-corrected chi connectivity index (χ1v) is 20.8. The summed E-state index contributed by atoms with van der Waals surface area (Å²) in [6, 6.07) is 80.6. The fourth-order valence-corrected chi connectivity index (χ4v) is 9.26. The normalized spacial score (nSPS) is 11.6. The van der Waals surface area contributed by atoms with Crippen LogP contribution in [0.3, 0.4) is 0 Å². The van der Waals surface area contributed by atoms with Gasteiger partial charge >= 0.3 is 0 Å². The van der Waals surface area contributed by atoms with Crippen LogP contribution in [0.1, 0.15) is 0 Å². The molecule has 0 unspecified atom stereocenters. The van der Waals surface area contributed by atoms with Gasteiger partial charge in [0.15, 0.2) is 0 Å². The van der Waals surface area contributed by atoms with Gasteiger partial charge in [-0.15, -0.1) is 0 Å². The minimum Gasteiger partial charge on any atom is -0.456 e. The SMILES string of the molecule is c1ccc(-c2ccc(Nc3ccc(-c4ccc5c(c4)c4ccccc4n5-c4ccc(-c5ccc6oc7ccccc7c6c5)c5ccccc45)cc3-c3ccccc3)cc2)cc1. The number of para-hydroxylation sites is 2. The largest absolute Gasteiger partial charge is 0.456 e. The molecule has 12 rings (SSSR count). The number of nitrogens with zero attached hydrogens (tertiary/aromatic N) is 1. The maximum Gasteiger partial charge on any atom is 0.135 e. The van der Waals surface area contributed by atoms with E-state index < -0.39 is 0 Å². The molecule has 0 aliphatic rings. The highest BCUT2D eigenvalue weighted by Crippen LogP contribution is 2.42. The highest BCUT2D eigenvalue weighted by molar-refractivity contribution is 6.13. The van der Waals surface area contributed by atoms with Crippen molar-refractivity contribution in [2.45, 2.75) is 0 Å². The Hall–Kier alpha value is -8.14. The van der Waals surface area contributed by atoms with E-state index in [0.717, 1.165) is 44.6 Å². The quantitative estimate of drug-likeness (QED) is 0.175. The molecule has 0 amide bonds. The molecule has 1 N–H and O–H groups in total. The summed E-state index contributed by atoms with van der Waals surface area (Å²) in [5.41, 5.74) is 16.9. The van der Waals surface area contributed by atoms with E-state index in [9.17, 15) is 0 Å². The number of anilines is 2. The summed E-state index contributed by atoms with van der Waals surface area (Å²) >= 11 is 0. The van der Waals surface area contributed by atoms with Crippen molar-refractivity contribution < 1.29 is 4.42 Å². The van der Waals surface area contributed by atoms with Crippen LogP contribution in [0.4, 0.5) is 11.4 Å². The van der Waals surface area contributed by atoms with Crippen LogP contribution in [-0.4, -0.2) is 4.57 Å². The summed E-state index contributed by atoms with van der Waals surface area (Å²) < 4.78 is 8.62. The van der Waals surface area contributed by atoms with Gasteiger partial charge < -0.3 is 14.3 Å². The molecule has 0 saturated carbocycles. The average molecular weight is 779 g/mol. The molecular formula is C58H38N2O. The van der Waals surface area contributed by atoms with Crippen LogP contribution in [0.5, 0.6) is 0 Å². The summed E-state index contributed by atoms with van der Waals surface area (Å²) in [7, 11) is 0. The molecule has 3 nitrogen and oxygen atoms in total. The highest BCUT2D eigenvalue weighted by atomic mass is 16.3. The fourth-order valence-electron chi connectivity index (χ4n) is 9.26. The molecule has 0 atom stereocenters. The predicted molar refractivity (Wildman–Crippen MR) is 257 cm³/mol. The lowest BCUT2D eigenvalue weighted by Gasteiger charge is -2.16. The number of benzene rings is 10. The van der Waals surface area contributed by atoms with Gasteiger partial charge in [0, 0.05) is 43.9 Å². The summed E-state index contributed by atoms with van der Waals surface area (Å²) in [6.45, 7) is 0. The molecule has 0 spiro atoms. The fraction of sp³-hybridized carbons (Fsp3) is 0. The van der Waals surface area contributed by atoms with Gasteiger partial charge in [-0.05, 0) is 111 Å². The van der Waals surface area contributed by atoms with Crippen LogP contribution >= 0.6 is 0 Å². The first-order valence-electron chi connectivity index (χ1n) is 20.8. The minimum atomic E-state index is 0.907. The van der Waals surface area contributed by atoms with E-state index in [1.807, 2.05) is 12.1 Å². The average Bonchev–Trinajstić information content (AvgIpc) is 3.87. The van der Waals surface area contributed by atoms with E-state index in [1.165, 1.54) is 71.5 Å². The monoisotopic (exact) mass is 778 g/mol. The van der Waals surface area contributed by atoms with Crippen molar-refractivity contribution in [3.8, 4) is 50.2 Å². The van der Waals surface area contributed by atoms with Gasteiger partial charge in [-0.25, -0.2) is 0 Å². The molecule has 0 bridgehead atoms. The predicted octanol–water partition coefficient (Wildman–Crippen LogP) is 16.2. The first kappa shape index (κ1) is 34.9. The summed E-state index contributed by atoms with van der Waals surface area (Å²) in [5, 5.41) is 10.9. The van der Waals surface area contributed by atoms with Crippen LogP contribution in [0.15, 0.2) is 229 Å². The Balaban J connectivity index is 0.955. The molecule has 0 fully saturated rings.